The maximum absolute atomic E-state index is 12.5. The lowest BCUT2D eigenvalue weighted by Gasteiger charge is -2.16. The van der Waals surface area contributed by atoms with Crippen LogP contribution in [0.1, 0.15) is 31.3 Å². The Hall–Kier alpha value is -3.38. The number of halogens is 1. The van der Waals surface area contributed by atoms with Crippen molar-refractivity contribution in [1.29, 1.82) is 0 Å². The molecule has 1 aliphatic rings. The molecule has 3 aromatic rings. The Kier molecular flexibility index (Phi) is 3.82. The third kappa shape index (κ3) is 2.57. The van der Waals surface area contributed by atoms with Crippen LogP contribution < -0.4 is 10.2 Å². The van der Waals surface area contributed by atoms with Crippen LogP contribution in [0.2, 0.25) is 5.02 Å². The summed E-state index contributed by atoms with van der Waals surface area (Å²) in [5.41, 5.74) is 1.35. The number of imide groups is 1. The molecule has 26 heavy (non-hydrogen) atoms. The minimum atomic E-state index is -0.431. The Bertz CT molecular complexity index is 1010. The number of carbonyl (C=O) groups is 3. The van der Waals surface area contributed by atoms with Crippen molar-refractivity contribution in [2.75, 3.05) is 10.2 Å². The summed E-state index contributed by atoms with van der Waals surface area (Å²) in [6.07, 6.45) is 1.40. The summed E-state index contributed by atoms with van der Waals surface area (Å²) < 4.78 is 5.02. The Morgan fingerprint density at radius 3 is 2.23 bits per heavy atom. The molecule has 0 saturated carbocycles. The van der Waals surface area contributed by atoms with Gasteiger partial charge in [0.2, 0.25) is 0 Å². The average molecular weight is 367 g/mol. The van der Waals surface area contributed by atoms with E-state index in [0.29, 0.717) is 16.8 Å². The second kappa shape index (κ2) is 6.16. The molecule has 0 unspecified atom stereocenters. The molecule has 3 amide bonds. The molecule has 4 rings (SSSR count). The zero-order valence-corrected chi connectivity index (χ0v) is 14.0. The van der Waals surface area contributed by atoms with E-state index in [1.165, 1.54) is 24.5 Å². The maximum Gasteiger partial charge on any atom is 0.291 e. The first-order valence-corrected chi connectivity index (χ1v) is 8.06. The molecule has 2 heterocycles. The van der Waals surface area contributed by atoms with E-state index >= 15 is 0 Å². The summed E-state index contributed by atoms with van der Waals surface area (Å²) in [6, 6.07) is 14.3. The van der Waals surface area contributed by atoms with Gasteiger partial charge in [0, 0.05) is 5.69 Å². The Morgan fingerprint density at radius 1 is 0.962 bits per heavy atom. The molecular weight excluding hydrogens is 356 g/mol. The van der Waals surface area contributed by atoms with Gasteiger partial charge in [-0.2, -0.15) is 0 Å². The topological polar surface area (TPSA) is 79.6 Å². The van der Waals surface area contributed by atoms with Crippen molar-refractivity contribution in [3.8, 4) is 0 Å². The Morgan fingerprint density at radius 2 is 1.65 bits per heavy atom. The van der Waals surface area contributed by atoms with E-state index < -0.39 is 17.7 Å². The number of hydrogen-bond donors (Lipinski definition) is 1. The number of hydrogen-bond acceptors (Lipinski definition) is 4. The van der Waals surface area contributed by atoms with E-state index in [0.717, 1.165) is 4.90 Å². The first-order valence-electron chi connectivity index (χ1n) is 7.68. The van der Waals surface area contributed by atoms with Gasteiger partial charge in [-0.15, -0.1) is 0 Å². The number of carbonyl (C=O) groups excluding carboxylic acids is 3. The molecule has 1 aromatic heterocycles. The molecule has 1 aliphatic heterocycles. The Balaban J connectivity index is 1.62. The standard InChI is InChI=1S/C19H11ClN2O4/c20-14-10-11(21-17(23)16-6-3-9-26-16)7-8-15(14)22-18(24)12-4-1-2-5-13(12)19(22)25/h1-10H,(H,21,23). The third-order valence-corrected chi connectivity index (χ3v) is 4.29. The zero-order valence-electron chi connectivity index (χ0n) is 13.2. The van der Waals surface area contributed by atoms with Crippen molar-refractivity contribution < 1.29 is 18.8 Å². The van der Waals surface area contributed by atoms with Crippen LogP contribution in [0.5, 0.6) is 0 Å². The lowest BCUT2D eigenvalue weighted by atomic mass is 10.1. The van der Waals surface area contributed by atoms with E-state index in [9.17, 15) is 14.4 Å². The number of benzene rings is 2. The van der Waals surface area contributed by atoms with Gasteiger partial charge < -0.3 is 9.73 Å². The van der Waals surface area contributed by atoms with Gasteiger partial charge in [-0.05, 0) is 42.5 Å². The highest BCUT2D eigenvalue weighted by Crippen LogP contribution is 2.34. The summed E-state index contributed by atoms with van der Waals surface area (Å²) in [7, 11) is 0. The predicted octanol–water partition coefficient (Wildman–Crippen LogP) is 3.99. The minimum Gasteiger partial charge on any atom is -0.459 e. The quantitative estimate of drug-likeness (QED) is 0.711. The molecule has 1 N–H and O–H groups in total. The maximum atomic E-state index is 12.5. The Labute approximate surface area is 153 Å². The van der Waals surface area contributed by atoms with Crippen LogP contribution in [-0.2, 0) is 0 Å². The highest BCUT2D eigenvalue weighted by atomic mass is 35.5. The van der Waals surface area contributed by atoms with Gasteiger partial charge in [0.1, 0.15) is 0 Å². The van der Waals surface area contributed by atoms with Gasteiger partial charge in [-0.1, -0.05) is 23.7 Å². The average Bonchev–Trinajstić information content (AvgIpc) is 3.25. The number of rotatable bonds is 3. The SMILES string of the molecule is O=C(Nc1ccc(N2C(=O)c3ccccc3C2=O)c(Cl)c1)c1ccco1. The fourth-order valence-corrected chi connectivity index (χ4v) is 3.04. The molecule has 0 atom stereocenters. The predicted molar refractivity (Wildman–Crippen MR) is 95.7 cm³/mol. The third-order valence-electron chi connectivity index (χ3n) is 3.99. The summed E-state index contributed by atoms with van der Waals surface area (Å²) in [6.45, 7) is 0. The van der Waals surface area contributed by atoms with Gasteiger partial charge in [-0.25, -0.2) is 4.90 Å². The molecule has 0 fully saturated rings. The van der Waals surface area contributed by atoms with Crippen LogP contribution >= 0.6 is 11.6 Å². The van der Waals surface area contributed by atoms with E-state index in [1.54, 1.807) is 36.4 Å². The summed E-state index contributed by atoms with van der Waals surface area (Å²) in [4.78, 5) is 38.1. The second-order valence-corrected chi connectivity index (χ2v) is 6.00. The molecule has 6 nitrogen and oxygen atoms in total. The van der Waals surface area contributed by atoms with Crippen molar-refractivity contribution >= 4 is 40.7 Å². The number of amides is 3. The monoisotopic (exact) mass is 366 g/mol. The van der Waals surface area contributed by atoms with Crippen LogP contribution in [0.15, 0.2) is 65.3 Å². The van der Waals surface area contributed by atoms with Crippen molar-refractivity contribution in [3.63, 3.8) is 0 Å². The van der Waals surface area contributed by atoms with E-state index in [-0.39, 0.29) is 16.5 Å². The van der Waals surface area contributed by atoms with Crippen LogP contribution in [0.3, 0.4) is 0 Å². The van der Waals surface area contributed by atoms with Crippen molar-refractivity contribution in [3.05, 3.63) is 82.8 Å². The lowest BCUT2D eigenvalue weighted by Crippen LogP contribution is -2.29. The van der Waals surface area contributed by atoms with Crippen molar-refractivity contribution in [1.82, 2.24) is 0 Å². The second-order valence-electron chi connectivity index (χ2n) is 5.59. The van der Waals surface area contributed by atoms with Crippen molar-refractivity contribution in [2.45, 2.75) is 0 Å². The highest BCUT2D eigenvalue weighted by Gasteiger charge is 2.37. The number of fused-ring (bicyclic) bond motifs is 1. The first kappa shape index (κ1) is 16.1. The smallest absolute Gasteiger partial charge is 0.291 e. The molecule has 2 aromatic carbocycles. The van der Waals surface area contributed by atoms with Gasteiger partial charge in [0.05, 0.1) is 28.1 Å². The first-order chi connectivity index (χ1) is 12.6. The normalized spacial score (nSPS) is 13.0. The van der Waals surface area contributed by atoms with E-state index in [4.69, 9.17) is 16.0 Å². The molecule has 0 aliphatic carbocycles. The fraction of sp³-hybridized carbons (Fsp3) is 0. The highest BCUT2D eigenvalue weighted by molar-refractivity contribution is 6.40. The fourth-order valence-electron chi connectivity index (χ4n) is 2.77. The van der Waals surface area contributed by atoms with Gasteiger partial charge in [0.15, 0.2) is 5.76 Å². The van der Waals surface area contributed by atoms with E-state index in [2.05, 4.69) is 5.32 Å². The molecule has 0 radical (unpaired) electrons. The van der Waals surface area contributed by atoms with Gasteiger partial charge in [-0.3, -0.25) is 14.4 Å². The number of nitrogens with zero attached hydrogens (tertiary/aromatic N) is 1. The summed E-state index contributed by atoms with van der Waals surface area (Å²) in [5.74, 6) is -1.13. The lowest BCUT2D eigenvalue weighted by molar-refractivity contribution is 0.0924. The molecule has 128 valence electrons. The summed E-state index contributed by atoms with van der Waals surface area (Å²) >= 11 is 6.27. The summed E-state index contributed by atoms with van der Waals surface area (Å²) in [5, 5.41) is 2.80. The number of nitrogens with one attached hydrogen (secondary N) is 1. The van der Waals surface area contributed by atoms with Crippen LogP contribution in [0.4, 0.5) is 11.4 Å². The largest absolute Gasteiger partial charge is 0.459 e. The van der Waals surface area contributed by atoms with Gasteiger partial charge in [0.25, 0.3) is 17.7 Å². The number of furan rings is 1. The van der Waals surface area contributed by atoms with Crippen LogP contribution in [-0.4, -0.2) is 17.7 Å². The molecular formula is C19H11ClN2O4. The van der Waals surface area contributed by atoms with Crippen molar-refractivity contribution in [2.24, 2.45) is 0 Å². The zero-order chi connectivity index (χ0) is 18.3. The number of anilines is 2. The molecule has 0 bridgehead atoms. The molecule has 0 spiro atoms. The van der Waals surface area contributed by atoms with Crippen LogP contribution in [0.25, 0.3) is 0 Å². The minimum absolute atomic E-state index is 0.158. The van der Waals surface area contributed by atoms with Crippen LogP contribution in [0, 0.1) is 0 Å². The molecule has 0 saturated heterocycles. The van der Waals surface area contributed by atoms with Gasteiger partial charge >= 0.3 is 0 Å². The molecule has 7 heteroatoms. The van der Waals surface area contributed by atoms with E-state index in [1.807, 2.05) is 0 Å².